The number of hydrogen-bond acceptors (Lipinski definition) is 0. The predicted octanol–water partition coefficient (Wildman–Crippen LogP) is 3.75. The zero-order chi connectivity index (χ0) is 10.6. The van der Waals surface area contributed by atoms with Crippen LogP contribution in [0.5, 0.6) is 0 Å². The maximum absolute atomic E-state index is 13.5. The standard InChI is InChI=1S/C13H17F/c1-4-6-11-7-5-8-13(14)12(11)9-10(2)3/h4-5,7-8,10H,1,6,9H2,2-3H3. The summed E-state index contributed by atoms with van der Waals surface area (Å²) >= 11 is 0. The van der Waals surface area contributed by atoms with Crippen LogP contribution in [0.4, 0.5) is 4.39 Å². The maximum atomic E-state index is 13.5. The van der Waals surface area contributed by atoms with Gasteiger partial charge >= 0.3 is 0 Å². The molecule has 0 bridgehead atoms. The number of rotatable bonds is 4. The number of benzene rings is 1. The van der Waals surface area contributed by atoms with Gasteiger partial charge in [-0.1, -0.05) is 32.1 Å². The Morgan fingerprint density at radius 1 is 1.43 bits per heavy atom. The van der Waals surface area contributed by atoms with Gasteiger partial charge in [0.15, 0.2) is 0 Å². The number of hydrogen-bond donors (Lipinski definition) is 0. The minimum absolute atomic E-state index is 0.0851. The lowest BCUT2D eigenvalue weighted by Gasteiger charge is -2.11. The lowest BCUT2D eigenvalue weighted by Crippen LogP contribution is -2.02. The summed E-state index contributed by atoms with van der Waals surface area (Å²) in [5, 5.41) is 0. The van der Waals surface area contributed by atoms with Gasteiger partial charge in [-0.25, -0.2) is 4.39 Å². The molecule has 0 atom stereocenters. The summed E-state index contributed by atoms with van der Waals surface area (Å²) in [5.74, 6) is 0.397. The Bertz CT molecular complexity index is 313. The second kappa shape index (κ2) is 4.94. The molecule has 1 rings (SSSR count). The summed E-state index contributed by atoms with van der Waals surface area (Å²) in [5.41, 5.74) is 1.91. The van der Waals surface area contributed by atoms with Crippen molar-refractivity contribution >= 4 is 0 Å². The predicted molar refractivity (Wildman–Crippen MR) is 58.8 cm³/mol. The molecule has 0 heterocycles. The van der Waals surface area contributed by atoms with Crippen molar-refractivity contribution in [3.8, 4) is 0 Å². The van der Waals surface area contributed by atoms with Gasteiger partial charge < -0.3 is 0 Å². The highest BCUT2D eigenvalue weighted by Crippen LogP contribution is 2.18. The van der Waals surface area contributed by atoms with E-state index in [9.17, 15) is 4.39 Å². The summed E-state index contributed by atoms with van der Waals surface area (Å²) in [6.45, 7) is 7.89. The Kier molecular flexibility index (Phi) is 3.87. The Labute approximate surface area is 85.5 Å². The molecule has 0 radical (unpaired) electrons. The quantitative estimate of drug-likeness (QED) is 0.637. The molecule has 0 saturated carbocycles. The molecule has 14 heavy (non-hydrogen) atoms. The normalized spacial score (nSPS) is 10.6. The second-order valence-corrected chi connectivity index (χ2v) is 3.97. The molecule has 76 valence electrons. The van der Waals surface area contributed by atoms with Crippen LogP contribution in [0.3, 0.4) is 0 Å². The Morgan fingerprint density at radius 3 is 2.71 bits per heavy atom. The molecule has 0 nitrogen and oxygen atoms in total. The first kappa shape index (κ1) is 11.0. The summed E-state index contributed by atoms with van der Waals surface area (Å²) < 4.78 is 13.5. The number of allylic oxidation sites excluding steroid dienone is 1. The Morgan fingerprint density at radius 2 is 2.14 bits per heavy atom. The topological polar surface area (TPSA) is 0 Å². The van der Waals surface area contributed by atoms with E-state index >= 15 is 0 Å². The van der Waals surface area contributed by atoms with Crippen LogP contribution in [-0.4, -0.2) is 0 Å². The Balaban J connectivity index is 3.01. The van der Waals surface area contributed by atoms with Crippen molar-refractivity contribution in [2.45, 2.75) is 26.7 Å². The molecule has 0 unspecified atom stereocenters. The van der Waals surface area contributed by atoms with Gasteiger partial charge in [-0.3, -0.25) is 0 Å². The molecular weight excluding hydrogens is 175 g/mol. The molecule has 0 aliphatic rings. The van der Waals surface area contributed by atoms with E-state index < -0.39 is 0 Å². The molecule has 0 aromatic heterocycles. The SMILES string of the molecule is C=CCc1cccc(F)c1CC(C)C. The summed E-state index contributed by atoms with van der Waals surface area (Å²) in [4.78, 5) is 0. The van der Waals surface area contributed by atoms with Crippen molar-refractivity contribution < 1.29 is 4.39 Å². The van der Waals surface area contributed by atoms with Crippen molar-refractivity contribution in [1.29, 1.82) is 0 Å². The fraction of sp³-hybridized carbons (Fsp3) is 0.385. The van der Waals surface area contributed by atoms with Crippen LogP contribution in [0, 0.1) is 11.7 Å². The first-order valence-electron chi connectivity index (χ1n) is 5.02. The van der Waals surface area contributed by atoms with E-state index in [1.165, 1.54) is 6.07 Å². The van der Waals surface area contributed by atoms with Crippen LogP contribution in [-0.2, 0) is 12.8 Å². The molecule has 0 saturated heterocycles. The van der Waals surface area contributed by atoms with E-state index in [1.807, 2.05) is 12.1 Å². The fourth-order valence-corrected chi connectivity index (χ4v) is 1.59. The highest BCUT2D eigenvalue weighted by Gasteiger charge is 2.08. The van der Waals surface area contributed by atoms with Gasteiger partial charge in [-0.05, 0) is 36.0 Å². The van der Waals surface area contributed by atoms with Crippen molar-refractivity contribution in [1.82, 2.24) is 0 Å². The third-order valence-electron chi connectivity index (χ3n) is 2.19. The van der Waals surface area contributed by atoms with Gasteiger partial charge in [0.1, 0.15) is 5.82 Å². The van der Waals surface area contributed by atoms with Crippen LogP contribution in [0.2, 0.25) is 0 Å². The van der Waals surface area contributed by atoms with E-state index in [4.69, 9.17) is 0 Å². The van der Waals surface area contributed by atoms with Gasteiger partial charge in [0.2, 0.25) is 0 Å². The minimum Gasteiger partial charge on any atom is -0.207 e. The van der Waals surface area contributed by atoms with Gasteiger partial charge in [0.05, 0.1) is 0 Å². The average Bonchev–Trinajstić information content (AvgIpc) is 2.11. The molecule has 0 aliphatic heterocycles. The highest BCUT2D eigenvalue weighted by atomic mass is 19.1. The first-order chi connectivity index (χ1) is 6.65. The molecule has 1 heteroatoms. The van der Waals surface area contributed by atoms with Gasteiger partial charge in [0.25, 0.3) is 0 Å². The third-order valence-corrected chi connectivity index (χ3v) is 2.19. The maximum Gasteiger partial charge on any atom is 0.126 e. The van der Waals surface area contributed by atoms with E-state index in [-0.39, 0.29) is 5.82 Å². The Hall–Kier alpha value is -1.11. The van der Waals surface area contributed by atoms with E-state index in [0.717, 1.165) is 24.0 Å². The van der Waals surface area contributed by atoms with Crippen LogP contribution < -0.4 is 0 Å². The molecule has 1 aromatic carbocycles. The van der Waals surface area contributed by atoms with Crippen molar-refractivity contribution in [3.05, 3.63) is 47.8 Å². The lowest BCUT2D eigenvalue weighted by atomic mass is 9.96. The molecule has 0 N–H and O–H groups in total. The fourth-order valence-electron chi connectivity index (χ4n) is 1.59. The smallest absolute Gasteiger partial charge is 0.126 e. The first-order valence-corrected chi connectivity index (χ1v) is 5.02. The van der Waals surface area contributed by atoms with Crippen molar-refractivity contribution in [2.24, 2.45) is 5.92 Å². The monoisotopic (exact) mass is 192 g/mol. The second-order valence-electron chi connectivity index (χ2n) is 3.97. The van der Waals surface area contributed by atoms with Crippen LogP contribution in [0.1, 0.15) is 25.0 Å². The largest absolute Gasteiger partial charge is 0.207 e. The summed E-state index contributed by atoms with van der Waals surface area (Å²) in [6, 6.07) is 5.27. The van der Waals surface area contributed by atoms with Crippen LogP contribution in [0.25, 0.3) is 0 Å². The average molecular weight is 192 g/mol. The molecule has 1 aromatic rings. The molecule has 0 aliphatic carbocycles. The molecule has 0 spiro atoms. The van der Waals surface area contributed by atoms with Crippen LogP contribution >= 0.6 is 0 Å². The zero-order valence-corrected chi connectivity index (χ0v) is 8.89. The lowest BCUT2D eigenvalue weighted by molar-refractivity contribution is 0.570. The van der Waals surface area contributed by atoms with Gasteiger partial charge in [-0.15, -0.1) is 6.58 Å². The van der Waals surface area contributed by atoms with Crippen molar-refractivity contribution in [3.63, 3.8) is 0 Å². The van der Waals surface area contributed by atoms with E-state index in [0.29, 0.717) is 5.92 Å². The van der Waals surface area contributed by atoms with E-state index in [2.05, 4.69) is 20.4 Å². The third kappa shape index (κ3) is 2.69. The van der Waals surface area contributed by atoms with Crippen LogP contribution in [0.15, 0.2) is 30.9 Å². The zero-order valence-electron chi connectivity index (χ0n) is 8.89. The summed E-state index contributed by atoms with van der Waals surface area (Å²) in [7, 11) is 0. The summed E-state index contributed by atoms with van der Waals surface area (Å²) in [6.07, 6.45) is 3.37. The highest BCUT2D eigenvalue weighted by molar-refractivity contribution is 5.30. The van der Waals surface area contributed by atoms with E-state index in [1.54, 1.807) is 6.07 Å². The minimum atomic E-state index is -0.0851. The van der Waals surface area contributed by atoms with Gasteiger partial charge in [0, 0.05) is 0 Å². The molecule has 0 fully saturated rings. The molecule has 0 amide bonds. The molecular formula is C13H17F. The number of halogens is 1. The van der Waals surface area contributed by atoms with Gasteiger partial charge in [-0.2, -0.15) is 0 Å². The van der Waals surface area contributed by atoms with Crippen molar-refractivity contribution in [2.75, 3.05) is 0 Å².